The van der Waals surface area contributed by atoms with Crippen LogP contribution in [-0.2, 0) is 9.47 Å². The Morgan fingerprint density at radius 3 is 1.66 bits per heavy atom. The fourth-order valence-corrected chi connectivity index (χ4v) is 3.56. The van der Waals surface area contributed by atoms with Crippen molar-refractivity contribution in [1.29, 1.82) is 0 Å². The van der Waals surface area contributed by atoms with Gasteiger partial charge < -0.3 is 18.9 Å². The van der Waals surface area contributed by atoms with E-state index in [2.05, 4.69) is 0 Å². The van der Waals surface area contributed by atoms with Gasteiger partial charge in [-0.25, -0.2) is 9.98 Å². The first kappa shape index (κ1) is 19.3. The fraction of sp³-hybridized carbons (Fsp3) is 0.391. The lowest BCUT2D eigenvalue weighted by Crippen LogP contribution is -2.34. The molecule has 2 heterocycles. The van der Waals surface area contributed by atoms with Crippen LogP contribution in [0.25, 0.3) is 0 Å². The highest BCUT2D eigenvalue weighted by Crippen LogP contribution is 2.36. The zero-order chi connectivity index (χ0) is 20.4. The van der Waals surface area contributed by atoms with Crippen LogP contribution >= 0.6 is 0 Å². The van der Waals surface area contributed by atoms with E-state index in [-0.39, 0.29) is 12.1 Å². The summed E-state index contributed by atoms with van der Waals surface area (Å²) in [6.45, 7) is 5.07. The van der Waals surface area contributed by atoms with E-state index in [1.54, 1.807) is 14.2 Å². The molecule has 6 nitrogen and oxygen atoms in total. The molecule has 0 N–H and O–H groups in total. The van der Waals surface area contributed by atoms with Crippen LogP contribution in [0.4, 0.5) is 0 Å². The maximum Gasteiger partial charge on any atom is 0.199 e. The van der Waals surface area contributed by atoms with E-state index in [0.717, 1.165) is 22.6 Å². The molecule has 0 fully saturated rings. The Hall–Kier alpha value is -3.02. The summed E-state index contributed by atoms with van der Waals surface area (Å²) in [6, 6.07) is 15.7. The Labute approximate surface area is 171 Å². The van der Waals surface area contributed by atoms with Crippen molar-refractivity contribution in [3.63, 3.8) is 0 Å². The molecule has 0 unspecified atom stereocenters. The van der Waals surface area contributed by atoms with Gasteiger partial charge in [0.25, 0.3) is 0 Å². The lowest BCUT2D eigenvalue weighted by molar-refractivity contribution is 0.264. The number of rotatable bonds is 6. The first-order chi connectivity index (χ1) is 14.0. The molecule has 0 aromatic heterocycles. The number of hydrogen-bond acceptors (Lipinski definition) is 6. The van der Waals surface area contributed by atoms with Crippen molar-refractivity contribution in [2.75, 3.05) is 27.4 Å². The Morgan fingerprint density at radius 1 is 0.793 bits per heavy atom. The molecule has 0 saturated carbocycles. The monoisotopic (exact) mass is 394 g/mol. The van der Waals surface area contributed by atoms with Crippen LogP contribution in [-0.4, -0.2) is 39.2 Å². The molecule has 0 bridgehead atoms. The first-order valence-corrected chi connectivity index (χ1v) is 9.71. The van der Waals surface area contributed by atoms with E-state index in [9.17, 15) is 0 Å². The molecule has 0 radical (unpaired) electrons. The summed E-state index contributed by atoms with van der Waals surface area (Å²) in [4.78, 5) is 9.67. The third-order valence-corrected chi connectivity index (χ3v) is 5.33. The minimum absolute atomic E-state index is 0.0597. The molecule has 0 amide bonds. The summed E-state index contributed by atoms with van der Waals surface area (Å²) >= 11 is 0. The first-order valence-electron chi connectivity index (χ1n) is 9.71. The summed E-state index contributed by atoms with van der Waals surface area (Å²) < 4.78 is 22.6. The number of benzene rings is 2. The second-order valence-corrected chi connectivity index (χ2v) is 7.70. The fourth-order valence-electron chi connectivity index (χ4n) is 3.56. The van der Waals surface area contributed by atoms with E-state index in [4.69, 9.17) is 28.9 Å². The van der Waals surface area contributed by atoms with Gasteiger partial charge in [0.15, 0.2) is 11.8 Å². The Bertz CT molecular complexity index is 876. The molecule has 2 aliphatic heterocycles. The van der Waals surface area contributed by atoms with Gasteiger partial charge in [-0.2, -0.15) is 0 Å². The van der Waals surface area contributed by atoms with E-state index in [0.29, 0.717) is 25.0 Å². The third kappa shape index (κ3) is 3.79. The van der Waals surface area contributed by atoms with Gasteiger partial charge in [-0.3, -0.25) is 0 Å². The maximum atomic E-state index is 5.98. The highest BCUT2D eigenvalue weighted by atomic mass is 16.5. The molecule has 0 aliphatic carbocycles. The average molecular weight is 394 g/mol. The Kier molecular flexibility index (Phi) is 5.18. The summed E-state index contributed by atoms with van der Waals surface area (Å²) in [6.07, 6.45) is 0. The molecule has 2 aromatic carbocycles. The van der Waals surface area contributed by atoms with Crippen molar-refractivity contribution < 1.29 is 18.9 Å². The van der Waals surface area contributed by atoms with E-state index < -0.39 is 5.41 Å². The molecule has 4 rings (SSSR count). The smallest absolute Gasteiger partial charge is 0.199 e. The molecule has 29 heavy (non-hydrogen) atoms. The van der Waals surface area contributed by atoms with Crippen LogP contribution in [0, 0.1) is 5.41 Å². The van der Waals surface area contributed by atoms with Gasteiger partial charge in [0, 0.05) is 0 Å². The van der Waals surface area contributed by atoms with Gasteiger partial charge in [0.05, 0.1) is 14.2 Å². The van der Waals surface area contributed by atoms with Crippen LogP contribution < -0.4 is 9.47 Å². The SMILES string of the molecule is COc1cccc([C@@H]2COC(C(C)(C)C3=N[C@H](c4cccc(OC)c4)CO3)=N2)c1. The van der Waals surface area contributed by atoms with E-state index in [1.165, 1.54) is 0 Å². The number of aliphatic imine (C=N–C) groups is 2. The summed E-state index contributed by atoms with van der Waals surface area (Å²) in [5, 5.41) is 0. The number of nitrogens with zero attached hydrogens (tertiary/aromatic N) is 2. The highest BCUT2D eigenvalue weighted by Gasteiger charge is 2.41. The Morgan fingerprint density at radius 2 is 1.24 bits per heavy atom. The third-order valence-electron chi connectivity index (χ3n) is 5.33. The predicted octanol–water partition coefficient (Wildman–Crippen LogP) is 4.37. The van der Waals surface area contributed by atoms with Crippen LogP contribution in [0.5, 0.6) is 11.5 Å². The zero-order valence-electron chi connectivity index (χ0n) is 17.2. The summed E-state index contributed by atoms with van der Waals surface area (Å²) in [5.41, 5.74) is 1.60. The zero-order valence-corrected chi connectivity index (χ0v) is 17.2. The van der Waals surface area contributed by atoms with Crippen molar-refractivity contribution >= 4 is 11.8 Å². The van der Waals surface area contributed by atoms with Crippen molar-refractivity contribution in [3.8, 4) is 11.5 Å². The molecule has 152 valence electrons. The summed E-state index contributed by atoms with van der Waals surface area (Å²) in [7, 11) is 3.33. The van der Waals surface area contributed by atoms with Crippen LogP contribution in [0.1, 0.15) is 37.1 Å². The lowest BCUT2D eigenvalue weighted by Gasteiger charge is -2.22. The Balaban J connectivity index is 1.55. The molecular weight excluding hydrogens is 368 g/mol. The number of methoxy groups -OCH3 is 2. The molecular formula is C23H26N2O4. The van der Waals surface area contributed by atoms with E-state index >= 15 is 0 Å². The number of hydrogen-bond donors (Lipinski definition) is 0. The van der Waals surface area contributed by atoms with Crippen LogP contribution in [0.3, 0.4) is 0 Å². The van der Waals surface area contributed by atoms with Gasteiger partial charge in [-0.1, -0.05) is 24.3 Å². The van der Waals surface area contributed by atoms with Gasteiger partial charge >= 0.3 is 0 Å². The molecule has 2 aromatic rings. The van der Waals surface area contributed by atoms with Gasteiger partial charge in [0.2, 0.25) is 0 Å². The van der Waals surface area contributed by atoms with Crippen molar-refractivity contribution in [2.24, 2.45) is 15.4 Å². The molecule has 6 heteroatoms. The molecule has 2 aliphatic rings. The minimum Gasteiger partial charge on any atom is -0.497 e. The molecule has 0 spiro atoms. The van der Waals surface area contributed by atoms with Crippen molar-refractivity contribution in [3.05, 3.63) is 59.7 Å². The average Bonchev–Trinajstić information content (AvgIpc) is 3.44. The highest BCUT2D eigenvalue weighted by molar-refractivity contribution is 6.05. The standard InChI is InChI=1S/C23H26N2O4/c1-23(2,21-24-19(13-28-21)15-7-5-9-17(11-15)26-3)22-25-20(14-29-22)16-8-6-10-18(12-16)27-4/h5-12,19-20H,13-14H2,1-4H3/t19-,20-/m0/s1. The maximum absolute atomic E-state index is 5.98. The topological polar surface area (TPSA) is 61.6 Å². The van der Waals surface area contributed by atoms with Gasteiger partial charge in [0.1, 0.15) is 42.2 Å². The predicted molar refractivity (Wildman–Crippen MR) is 112 cm³/mol. The normalized spacial score (nSPS) is 21.1. The quantitative estimate of drug-likeness (QED) is 0.730. The molecule has 2 atom stereocenters. The van der Waals surface area contributed by atoms with Crippen molar-refractivity contribution in [1.82, 2.24) is 0 Å². The number of ether oxygens (including phenoxy) is 4. The second kappa shape index (κ2) is 7.78. The summed E-state index contributed by atoms with van der Waals surface area (Å²) in [5.74, 6) is 2.93. The van der Waals surface area contributed by atoms with Crippen molar-refractivity contribution in [2.45, 2.75) is 25.9 Å². The van der Waals surface area contributed by atoms with Crippen LogP contribution in [0.2, 0.25) is 0 Å². The van der Waals surface area contributed by atoms with Gasteiger partial charge in [-0.05, 0) is 49.2 Å². The largest absolute Gasteiger partial charge is 0.497 e. The van der Waals surface area contributed by atoms with Gasteiger partial charge in [-0.15, -0.1) is 0 Å². The van der Waals surface area contributed by atoms with Crippen LogP contribution in [0.15, 0.2) is 58.5 Å². The second-order valence-electron chi connectivity index (χ2n) is 7.70. The molecule has 0 saturated heterocycles. The lowest BCUT2D eigenvalue weighted by atomic mass is 9.93. The minimum atomic E-state index is -0.540. The van der Waals surface area contributed by atoms with E-state index in [1.807, 2.05) is 62.4 Å².